The normalized spacial score (nSPS) is 21.8. The highest BCUT2D eigenvalue weighted by atomic mass is 32.1. The first-order valence-electron chi connectivity index (χ1n) is 13.5. The van der Waals surface area contributed by atoms with E-state index >= 15 is 0 Å². The maximum Gasteiger partial charge on any atom is 0.417 e. The van der Waals surface area contributed by atoms with Crippen molar-refractivity contribution < 1.29 is 27.9 Å². The molecule has 8 nitrogen and oxygen atoms in total. The number of hydrogen-bond acceptors (Lipinski definition) is 7. The van der Waals surface area contributed by atoms with E-state index in [1.807, 2.05) is 6.92 Å². The number of carbonyl (C=O) groups is 2. The Hall–Kier alpha value is -2.73. The molecule has 0 radical (unpaired) electrons. The minimum Gasteiger partial charge on any atom is -0.389 e. The van der Waals surface area contributed by atoms with Crippen molar-refractivity contribution in [2.24, 2.45) is 5.92 Å². The number of hydrogen-bond donors (Lipinski definition) is 3. The van der Waals surface area contributed by atoms with E-state index in [9.17, 15) is 27.9 Å². The number of alkyl halides is 3. The Balaban J connectivity index is 1.55. The van der Waals surface area contributed by atoms with E-state index in [1.165, 1.54) is 13.8 Å². The Kier molecular flexibility index (Phi) is 7.38. The first-order valence-corrected chi connectivity index (χ1v) is 14.4. The molecule has 0 spiro atoms. The third-order valence-corrected chi connectivity index (χ3v) is 8.90. The number of amides is 2. The Labute approximate surface area is 229 Å². The summed E-state index contributed by atoms with van der Waals surface area (Å²) >= 11 is 0.738. The maximum atomic E-state index is 14.4. The molecule has 2 saturated heterocycles. The summed E-state index contributed by atoms with van der Waals surface area (Å²) in [7, 11) is 0. The van der Waals surface area contributed by atoms with Crippen molar-refractivity contribution in [3.05, 3.63) is 28.5 Å². The van der Waals surface area contributed by atoms with Gasteiger partial charge < -0.3 is 20.6 Å². The van der Waals surface area contributed by atoms with Gasteiger partial charge in [-0.2, -0.15) is 13.2 Å². The van der Waals surface area contributed by atoms with Crippen LogP contribution in [-0.4, -0.2) is 62.1 Å². The summed E-state index contributed by atoms with van der Waals surface area (Å²) in [5, 5.41) is 15.6. The molecule has 3 fully saturated rings. The number of aromatic nitrogens is 2. The average molecular weight is 566 g/mol. The van der Waals surface area contributed by atoms with E-state index in [0.717, 1.165) is 68.5 Å². The van der Waals surface area contributed by atoms with Gasteiger partial charge in [0.05, 0.1) is 16.0 Å². The summed E-state index contributed by atoms with van der Waals surface area (Å²) in [4.78, 5) is 36.9. The zero-order chi connectivity index (χ0) is 28.1. The van der Waals surface area contributed by atoms with Gasteiger partial charge in [-0.15, -0.1) is 11.3 Å². The molecule has 2 aromatic heterocycles. The summed E-state index contributed by atoms with van der Waals surface area (Å²) in [6.45, 7) is 4.93. The second-order valence-electron chi connectivity index (χ2n) is 11.5. The first kappa shape index (κ1) is 27.8. The molecule has 2 bridgehead atoms. The molecule has 3 N–H and O–H groups in total. The molecule has 1 unspecified atom stereocenters. The van der Waals surface area contributed by atoms with Crippen molar-refractivity contribution in [3.63, 3.8) is 0 Å². The van der Waals surface area contributed by atoms with Crippen molar-refractivity contribution in [2.45, 2.75) is 95.6 Å². The third kappa shape index (κ3) is 5.91. The molecule has 4 heterocycles. The molecular formula is C27H34F3N5O3S. The van der Waals surface area contributed by atoms with E-state index in [4.69, 9.17) is 0 Å². The zero-order valence-electron chi connectivity index (χ0n) is 22.3. The van der Waals surface area contributed by atoms with Crippen LogP contribution in [0.3, 0.4) is 0 Å². The Bertz CT molecular complexity index is 1230. The van der Waals surface area contributed by atoms with E-state index in [0.29, 0.717) is 5.92 Å². The summed E-state index contributed by atoms with van der Waals surface area (Å²) in [5.74, 6) is -0.565. The van der Waals surface area contributed by atoms with Crippen LogP contribution < -0.4 is 10.6 Å². The fraction of sp³-hybridized carbons (Fsp3) is 0.630. The van der Waals surface area contributed by atoms with Crippen LogP contribution in [0.15, 0.2) is 12.3 Å². The number of nitrogens with zero attached hydrogens (tertiary/aromatic N) is 3. The zero-order valence-corrected chi connectivity index (χ0v) is 23.1. The lowest BCUT2D eigenvalue weighted by Crippen LogP contribution is -2.38. The molecule has 2 aliphatic heterocycles. The Morgan fingerprint density at radius 2 is 1.79 bits per heavy atom. The van der Waals surface area contributed by atoms with E-state index in [-0.39, 0.29) is 51.6 Å². The van der Waals surface area contributed by atoms with Crippen molar-refractivity contribution in [1.82, 2.24) is 20.2 Å². The van der Waals surface area contributed by atoms with Gasteiger partial charge in [-0.05, 0) is 70.8 Å². The van der Waals surface area contributed by atoms with Crippen LogP contribution >= 0.6 is 11.3 Å². The van der Waals surface area contributed by atoms with Crippen LogP contribution in [0.1, 0.15) is 91.6 Å². The van der Waals surface area contributed by atoms with Gasteiger partial charge in [-0.25, -0.2) is 9.97 Å². The number of rotatable bonds is 9. The molecule has 212 valence electrons. The van der Waals surface area contributed by atoms with E-state index < -0.39 is 29.2 Å². The molecule has 0 aromatic carbocycles. The molecule has 1 aliphatic carbocycles. The van der Waals surface area contributed by atoms with Crippen LogP contribution in [0.5, 0.6) is 0 Å². The largest absolute Gasteiger partial charge is 0.417 e. The number of fused-ring (bicyclic) bond motifs is 2. The fourth-order valence-corrected chi connectivity index (χ4v) is 6.67. The van der Waals surface area contributed by atoms with E-state index in [2.05, 4.69) is 20.6 Å². The predicted octanol–water partition coefficient (Wildman–Crippen LogP) is 5.09. The van der Waals surface area contributed by atoms with Gasteiger partial charge in [-0.3, -0.25) is 9.59 Å². The molecule has 12 heteroatoms. The number of anilines is 1. The van der Waals surface area contributed by atoms with Crippen LogP contribution in [0.2, 0.25) is 0 Å². The van der Waals surface area contributed by atoms with Gasteiger partial charge in [0.25, 0.3) is 11.8 Å². The molecule has 2 aromatic rings. The number of nitrogens with one attached hydrogen (secondary N) is 2. The van der Waals surface area contributed by atoms with Gasteiger partial charge in [0.1, 0.15) is 11.5 Å². The van der Waals surface area contributed by atoms with Crippen molar-refractivity contribution >= 4 is 29.0 Å². The molecule has 1 atom stereocenters. The maximum absolute atomic E-state index is 14.4. The Morgan fingerprint density at radius 1 is 1.15 bits per heavy atom. The second-order valence-corrected chi connectivity index (χ2v) is 12.5. The lowest BCUT2D eigenvalue weighted by Gasteiger charge is -2.22. The fourth-order valence-electron chi connectivity index (χ4n) is 5.68. The summed E-state index contributed by atoms with van der Waals surface area (Å²) in [6, 6.07) is 1.10. The minimum atomic E-state index is -4.73. The molecule has 5 rings (SSSR count). The molecule has 39 heavy (non-hydrogen) atoms. The minimum absolute atomic E-state index is 0.0275. The highest BCUT2D eigenvalue weighted by Gasteiger charge is 2.45. The van der Waals surface area contributed by atoms with Gasteiger partial charge >= 0.3 is 6.18 Å². The second kappa shape index (κ2) is 10.3. The summed E-state index contributed by atoms with van der Waals surface area (Å²) in [5.41, 5.74) is -2.57. The average Bonchev–Trinajstić information content (AvgIpc) is 3.32. The quantitative estimate of drug-likeness (QED) is 0.391. The van der Waals surface area contributed by atoms with Crippen LogP contribution in [-0.2, 0) is 6.18 Å². The van der Waals surface area contributed by atoms with Gasteiger partial charge in [0.2, 0.25) is 0 Å². The number of pyridine rings is 1. The lowest BCUT2D eigenvalue weighted by molar-refractivity contribution is -0.137. The number of thiazole rings is 1. The van der Waals surface area contributed by atoms with Crippen molar-refractivity contribution in [3.8, 4) is 10.4 Å². The van der Waals surface area contributed by atoms with Crippen LogP contribution in [0.4, 0.5) is 19.0 Å². The standard InChI is InChI=1S/C27H34F3N5O3S/c1-4-19(14-5-6-14)33-20-11-18(27(28,29)30)17(12-31-20)22-21(25(37)35-15-7-8-16(35)10-9-15)34-24(39-22)23(36)32-13-26(2,3)38/h11-12,14-16,19,38H,4-10,13H2,1-3H3,(H,31,33)(H,32,36). The molecule has 2 amide bonds. The third-order valence-electron chi connectivity index (χ3n) is 7.81. The summed E-state index contributed by atoms with van der Waals surface area (Å²) < 4.78 is 43.2. The molecule has 3 aliphatic rings. The molecular weight excluding hydrogens is 531 g/mol. The number of aliphatic hydroxyl groups is 1. The number of carbonyl (C=O) groups excluding carboxylic acids is 2. The van der Waals surface area contributed by atoms with E-state index in [1.54, 1.807) is 4.90 Å². The van der Waals surface area contributed by atoms with Crippen molar-refractivity contribution in [2.75, 3.05) is 11.9 Å². The van der Waals surface area contributed by atoms with Gasteiger partial charge in [0.15, 0.2) is 5.01 Å². The highest BCUT2D eigenvalue weighted by molar-refractivity contribution is 7.17. The predicted molar refractivity (Wildman–Crippen MR) is 142 cm³/mol. The number of halogens is 3. The first-order chi connectivity index (χ1) is 18.4. The topological polar surface area (TPSA) is 107 Å². The van der Waals surface area contributed by atoms with Crippen LogP contribution in [0, 0.1) is 5.92 Å². The highest BCUT2D eigenvalue weighted by Crippen LogP contribution is 2.44. The smallest absolute Gasteiger partial charge is 0.389 e. The molecule has 1 saturated carbocycles. The Morgan fingerprint density at radius 3 is 2.33 bits per heavy atom. The van der Waals surface area contributed by atoms with Crippen molar-refractivity contribution in [1.29, 1.82) is 0 Å². The lowest BCUT2D eigenvalue weighted by atomic mass is 10.0. The van der Waals surface area contributed by atoms with Gasteiger partial charge in [-0.1, -0.05) is 6.92 Å². The SMILES string of the molecule is CCC(Nc1cc(C(F)(F)F)c(-c2sc(C(=O)NCC(C)(C)O)nc2C(=O)N2C3CCC2CC3)cn1)C1CC1. The van der Waals surface area contributed by atoms with Crippen LogP contribution in [0.25, 0.3) is 10.4 Å². The summed E-state index contributed by atoms with van der Waals surface area (Å²) in [6.07, 6.45) is 2.66. The van der Waals surface area contributed by atoms with Gasteiger partial charge in [0, 0.05) is 36.4 Å². The monoisotopic (exact) mass is 565 g/mol.